The molecule has 0 amide bonds. The molecule has 0 saturated carbocycles. The van der Waals surface area contributed by atoms with Gasteiger partial charge in [-0.05, 0) is 6.26 Å². The first kappa shape index (κ1) is 14.6. The van der Waals surface area contributed by atoms with Gasteiger partial charge < -0.3 is 14.2 Å². The van der Waals surface area contributed by atoms with Crippen molar-refractivity contribution < 1.29 is 19.0 Å². The molecule has 0 aliphatic carbocycles. The minimum absolute atomic E-state index is 0.338. The van der Waals surface area contributed by atoms with Crippen LogP contribution in [-0.2, 0) is 9.47 Å². The van der Waals surface area contributed by atoms with E-state index in [1.54, 1.807) is 7.11 Å². The van der Waals surface area contributed by atoms with E-state index in [9.17, 15) is 4.79 Å². The molecule has 17 heavy (non-hydrogen) atoms. The highest BCUT2D eigenvalue weighted by atomic mass is 35.5. The maximum absolute atomic E-state index is 11.6. The third kappa shape index (κ3) is 3.51. The Morgan fingerprint density at radius 1 is 1.41 bits per heavy atom. The molecular formula is C10H13ClO4S2. The van der Waals surface area contributed by atoms with E-state index in [-0.39, 0.29) is 0 Å². The summed E-state index contributed by atoms with van der Waals surface area (Å²) in [5.41, 5.74) is 0. The molecular weight excluding hydrogens is 284 g/mol. The predicted molar refractivity (Wildman–Crippen MR) is 69.8 cm³/mol. The molecule has 1 aromatic rings. The molecule has 0 saturated heterocycles. The van der Waals surface area contributed by atoms with E-state index in [1.807, 2.05) is 6.26 Å². The molecule has 0 spiro atoms. The Morgan fingerprint density at radius 2 is 2.12 bits per heavy atom. The van der Waals surface area contributed by atoms with Crippen LogP contribution in [0.25, 0.3) is 0 Å². The van der Waals surface area contributed by atoms with E-state index in [0.29, 0.717) is 28.9 Å². The highest BCUT2D eigenvalue weighted by molar-refractivity contribution is 8.00. The number of carbonyl (C=O) groups is 1. The van der Waals surface area contributed by atoms with Crippen LogP contribution in [0, 0.1) is 0 Å². The smallest absolute Gasteiger partial charge is 0.351 e. The molecule has 1 aromatic heterocycles. The third-order valence-electron chi connectivity index (χ3n) is 1.87. The zero-order valence-electron chi connectivity index (χ0n) is 9.74. The lowest BCUT2D eigenvalue weighted by atomic mass is 10.4. The quantitative estimate of drug-likeness (QED) is 0.459. The predicted octanol–water partition coefficient (Wildman–Crippen LogP) is 2.94. The average Bonchev–Trinajstić information content (AvgIpc) is 2.66. The van der Waals surface area contributed by atoms with Gasteiger partial charge in [-0.15, -0.1) is 23.1 Å². The molecule has 0 aliphatic rings. The first-order valence-corrected chi connectivity index (χ1v) is 7.14. The minimum atomic E-state index is -0.440. The van der Waals surface area contributed by atoms with Crippen LogP contribution in [0.3, 0.4) is 0 Å². The number of hydrogen-bond acceptors (Lipinski definition) is 6. The Hall–Kier alpha value is -0.430. The maximum Gasteiger partial charge on any atom is 0.351 e. The minimum Gasteiger partial charge on any atom is -0.488 e. The fourth-order valence-electron chi connectivity index (χ4n) is 1.09. The van der Waals surface area contributed by atoms with Gasteiger partial charge in [0, 0.05) is 7.11 Å². The summed E-state index contributed by atoms with van der Waals surface area (Å²) in [6.07, 6.45) is 1.89. The van der Waals surface area contributed by atoms with E-state index in [2.05, 4.69) is 4.74 Å². The number of methoxy groups -OCH3 is 2. The zero-order chi connectivity index (χ0) is 12.8. The molecule has 0 fully saturated rings. The van der Waals surface area contributed by atoms with E-state index >= 15 is 0 Å². The van der Waals surface area contributed by atoms with Crippen molar-refractivity contribution in [3.05, 3.63) is 9.90 Å². The van der Waals surface area contributed by atoms with Gasteiger partial charge in [-0.3, -0.25) is 0 Å². The molecule has 0 N–H and O–H groups in total. The van der Waals surface area contributed by atoms with Crippen molar-refractivity contribution in [2.75, 3.05) is 33.7 Å². The van der Waals surface area contributed by atoms with Crippen molar-refractivity contribution in [2.45, 2.75) is 4.21 Å². The summed E-state index contributed by atoms with van der Waals surface area (Å²) < 4.78 is 15.9. The van der Waals surface area contributed by atoms with Crippen LogP contribution in [-0.4, -0.2) is 39.7 Å². The summed E-state index contributed by atoms with van der Waals surface area (Å²) in [5.74, 6) is -0.0606. The van der Waals surface area contributed by atoms with Gasteiger partial charge in [-0.2, -0.15) is 0 Å². The van der Waals surface area contributed by atoms with Gasteiger partial charge in [0.25, 0.3) is 0 Å². The Kier molecular flexibility index (Phi) is 6.11. The van der Waals surface area contributed by atoms with Gasteiger partial charge in [-0.1, -0.05) is 11.6 Å². The first-order valence-electron chi connectivity index (χ1n) is 4.72. The summed E-state index contributed by atoms with van der Waals surface area (Å²) >= 11 is 8.86. The SMILES string of the molecule is COCCOc1c(C(=O)OC)sc(SC)c1Cl. The number of ether oxygens (including phenoxy) is 3. The van der Waals surface area contributed by atoms with Crippen LogP contribution in [0.5, 0.6) is 5.75 Å². The monoisotopic (exact) mass is 296 g/mol. The molecule has 0 atom stereocenters. The molecule has 1 rings (SSSR count). The summed E-state index contributed by atoms with van der Waals surface area (Å²) in [5, 5.41) is 0.457. The van der Waals surface area contributed by atoms with Crippen molar-refractivity contribution in [1.29, 1.82) is 0 Å². The van der Waals surface area contributed by atoms with Crippen LogP contribution in [0.1, 0.15) is 9.67 Å². The van der Waals surface area contributed by atoms with Gasteiger partial charge in [0.05, 0.1) is 17.9 Å². The summed E-state index contributed by atoms with van der Waals surface area (Å²) in [6.45, 7) is 0.770. The number of rotatable bonds is 6. The topological polar surface area (TPSA) is 44.8 Å². The van der Waals surface area contributed by atoms with Gasteiger partial charge in [0.1, 0.15) is 11.6 Å². The van der Waals surface area contributed by atoms with Crippen LogP contribution in [0.2, 0.25) is 5.02 Å². The van der Waals surface area contributed by atoms with Crippen molar-refractivity contribution in [3.63, 3.8) is 0 Å². The number of thioether (sulfide) groups is 1. The Morgan fingerprint density at radius 3 is 2.65 bits per heavy atom. The van der Waals surface area contributed by atoms with Crippen LogP contribution in [0.15, 0.2) is 4.21 Å². The van der Waals surface area contributed by atoms with Crippen molar-refractivity contribution in [3.8, 4) is 5.75 Å². The fourth-order valence-corrected chi connectivity index (χ4v) is 3.29. The number of hydrogen-bond donors (Lipinski definition) is 0. The fraction of sp³-hybridized carbons (Fsp3) is 0.500. The molecule has 96 valence electrons. The zero-order valence-corrected chi connectivity index (χ0v) is 12.1. The second-order valence-electron chi connectivity index (χ2n) is 2.90. The van der Waals surface area contributed by atoms with Gasteiger partial charge in [0.2, 0.25) is 0 Å². The third-order valence-corrected chi connectivity index (χ3v) is 4.72. The second kappa shape index (κ2) is 7.10. The lowest BCUT2D eigenvalue weighted by Crippen LogP contribution is -2.07. The van der Waals surface area contributed by atoms with Gasteiger partial charge in [0.15, 0.2) is 10.6 Å². The largest absolute Gasteiger partial charge is 0.488 e. The van der Waals surface area contributed by atoms with Crippen LogP contribution < -0.4 is 4.74 Å². The molecule has 0 aromatic carbocycles. The van der Waals surface area contributed by atoms with Gasteiger partial charge >= 0.3 is 5.97 Å². The van der Waals surface area contributed by atoms with E-state index in [1.165, 1.54) is 30.2 Å². The first-order chi connectivity index (χ1) is 8.15. The lowest BCUT2D eigenvalue weighted by Gasteiger charge is -2.06. The Balaban J connectivity index is 2.97. The molecule has 0 unspecified atom stereocenters. The summed E-state index contributed by atoms with van der Waals surface area (Å²) in [7, 11) is 2.90. The van der Waals surface area contributed by atoms with Crippen molar-refractivity contribution in [1.82, 2.24) is 0 Å². The number of esters is 1. The standard InChI is InChI=1S/C10H13ClO4S2/c1-13-4-5-15-7-6(11)10(16-3)17-8(7)9(12)14-2/h4-5H2,1-3H3. The second-order valence-corrected chi connectivity index (χ2v) is 5.37. The molecule has 0 radical (unpaired) electrons. The summed E-state index contributed by atoms with van der Waals surface area (Å²) in [4.78, 5) is 11.9. The van der Waals surface area contributed by atoms with Crippen molar-refractivity contribution >= 4 is 40.7 Å². The lowest BCUT2D eigenvalue weighted by molar-refractivity contribution is 0.0600. The van der Waals surface area contributed by atoms with Crippen molar-refractivity contribution in [2.24, 2.45) is 0 Å². The van der Waals surface area contributed by atoms with E-state index < -0.39 is 5.97 Å². The maximum atomic E-state index is 11.6. The van der Waals surface area contributed by atoms with Gasteiger partial charge in [-0.25, -0.2) is 4.79 Å². The van der Waals surface area contributed by atoms with E-state index in [0.717, 1.165) is 4.21 Å². The molecule has 7 heteroatoms. The van der Waals surface area contributed by atoms with Crippen LogP contribution >= 0.6 is 34.7 Å². The Labute approximate surface area is 113 Å². The summed E-state index contributed by atoms with van der Waals surface area (Å²) in [6, 6.07) is 0. The number of halogens is 1. The number of carbonyl (C=O) groups excluding carboxylic acids is 1. The number of thiophene rings is 1. The molecule has 0 aliphatic heterocycles. The molecule has 4 nitrogen and oxygen atoms in total. The normalized spacial score (nSPS) is 10.4. The molecule has 1 heterocycles. The van der Waals surface area contributed by atoms with E-state index in [4.69, 9.17) is 21.1 Å². The highest BCUT2D eigenvalue weighted by Gasteiger charge is 2.23. The van der Waals surface area contributed by atoms with Crippen LogP contribution in [0.4, 0.5) is 0 Å². The highest BCUT2D eigenvalue weighted by Crippen LogP contribution is 2.44. The average molecular weight is 297 g/mol. The molecule has 0 bridgehead atoms. The Bertz CT molecular complexity index is 392.